The normalized spacial score (nSPS) is 10.4. The largest absolute Gasteiger partial charge is 0.442 e. The van der Waals surface area contributed by atoms with E-state index in [1.165, 1.54) is 6.39 Å². The molecular formula is C6H5N3O. The Kier molecular flexibility index (Phi) is 0.887. The third-order valence-electron chi connectivity index (χ3n) is 1.29. The van der Waals surface area contributed by atoms with Crippen LogP contribution in [-0.4, -0.2) is 16.4 Å². The fourth-order valence-electron chi connectivity index (χ4n) is 0.822. The highest BCUT2D eigenvalue weighted by Crippen LogP contribution is 2.11. The molecule has 10 heavy (non-hydrogen) atoms. The Morgan fingerprint density at radius 2 is 2.50 bits per heavy atom. The predicted molar refractivity (Wildman–Crippen MR) is 36.9 cm³/mol. The highest BCUT2D eigenvalue weighted by Gasteiger charge is 1.99. The SMILES string of the molecule is C=Nn1cc2ncoc2c1. The molecule has 0 aromatic carbocycles. The van der Waals surface area contributed by atoms with Crippen LogP contribution in [0.15, 0.2) is 28.3 Å². The van der Waals surface area contributed by atoms with Crippen LogP contribution in [0, 0.1) is 0 Å². The second-order valence-electron chi connectivity index (χ2n) is 1.88. The van der Waals surface area contributed by atoms with Crippen molar-refractivity contribution in [3.8, 4) is 0 Å². The lowest BCUT2D eigenvalue weighted by molar-refractivity contribution is 0.599. The van der Waals surface area contributed by atoms with Crippen LogP contribution in [0.5, 0.6) is 0 Å². The van der Waals surface area contributed by atoms with Gasteiger partial charge in [-0.05, 0) is 0 Å². The van der Waals surface area contributed by atoms with Gasteiger partial charge in [-0.15, -0.1) is 0 Å². The van der Waals surface area contributed by atoms with E-state index in [9.17, 15) is 0 Å². The van der Waals surface area contributed by atoms with E-state index in [1.54, 1.807) is 17.1 Å². The van der Waals surface area contributed by atoms with E-state index in [2.05, 4.69) is 16.8 Å². The molecule has 2 heterocycles. The highest BCUT2D eigenvalue weighted by atomic mass is 16.3. The molecule has 4 nitrogen and oxygen atoms in total. The molecule has 0 spiro atoms. The quantitative estimate of drug-likeness (QED) is 0.549. The molecule has 0 aliphatic rings. The number of hydrogen-bond donors (Lipinski definition) is 0. The summed E-state index contributed by atoms with van der Waals surface area (Å²) in [5.41, 5.74) is 1.53. The second kappa shape index (κ2) is 1.70. The molecule has 0 amide bonds. The highest BCUT2D eigenvalue weighted by molar-refractivity contribution is 5.71. The molecule has 0 fully saturated rings. The first-order chi connectivity index (χ1) is 4.90. The molecule has 0 atom stereocenters. The smallest absolute Gasteiger partial charge is 0.182 e. The van der Waals surface area contributed by atoms with E-state index < -0.39 is 0 Å². The average Bonchev–Trinajstić information content (AvgIpc) is 2.42. The molecule has 0 radical (unpaired) electrons. The first-order valence-corrected chi connectivity index (χ1v) is 2.78. The van der Waals surface area contributed by atoms with E-state index in [4.69, 9.17) is 4.42 Å². The Hall–Kier alpha value is -1.58. The maximum atomic E-state index is 4.98. The average molecular weight is 135 g/mol. The number of nitrogens with zero attached hydrogens (tertiary/aromatic N) is 3. The van der Waals surface area contributed by atoms with Crippen LogP contribution in [0.25, 0.3) is 11.1 Å². The van der Waals surface area contributed by atoms with E-state index in [0.717, 1.165) is 11.1 Å². The topological polar surface area (TPSA) is 43.3 Å². The molecule has 2 aromatic heterocycles. The Labute approximate surface area is 56.8 Å². The molecular weight excluding hydrogens is 130 g/mol. The van der Waals surface area contributed by atoms with E-state index >= 15 is 0 Å². The molecule has 0 bridgehead atoms. The van der Waals surface area contributed by atoms with Crippen LogP contribution in [0.4, 0.5) is 0 Å². The van der Waals surface area contributed by atoms with Crippen molar-refractivity contribution in [1.29, 1.82) is 0 Å². The predicted octanol–water partition coefficient (Wildman–Crippen LogP) is 1.09. The van der Waals surface area contributed by atoms with Crippen LogP contribution in [0.3, 0.4) is 0 Å². The summed E-state index contributed by atoms with van der Waals surface area (Å²) in [5, 5.41) is 3.65. The summed E-state index contributed by atoms with van der Waals surface area (Å²) >= 11 is 0. The van der Waals surface area contributed by atoms with Gasteiger partial charge in [0.15, 0.2) is 12.0 Å². The molecule has 0 aliphatic heterocycles. The van der Waals surface area contributed by atoms with Crippen LogP contribution < -0.4 is 0 Å². The minimum Gasteiger partial charge on any atom is -0.442 e. The monoisotopic (exact) mass is 135 g/mol. The number of fused-ring (bicyclic) bond motifs is 1. The van der Waals surface area contributed by atoms with Gasteiger partial charge < -0.3 is 4.42 Å². The molecule has 0 unspecified atom stereocenters. The summed E-state index contributed by atoms with van der Waals surface area (Å²) in [5.74, 6) is 0. The number of oxazole rings is 1. The van der Waals surface area contributed by atoms with Gasteiger partial charge >= 0.3 is 0 Å². The van der Waals surface area contributed by atoms with E-state index in [0.29, 0.717) is 0 Å². The molecule has 0 aliphatic carbocycles. The van der Waals surface area contributed by atoms with Gasteiger partial charge in [0.05, 0.1) is 12.4 Å². The third kappa shape index (κ3) is 0.556. The van der Waals surface area contributed by atoms with Gasteiger partial charge in [0.1, 0.15) is 5.52 Å². The van der Waals surface area contributed by atoms with E-state index in [-0.39, 0.29) is 0 Å². The van der Waals surface area contributed by atoms with Crippen LogP contribution >= 0.6 is 0 Å². The second-order valence-corrected chi connectivity index (χ2v) is 1.88. The molecule has 0 N–H and O–H groups in total. The van der Waals surface area contributed by atoms with Crippen LogP contribution in [-0.2, 0) is 0 Å². The first kappa shape index (κ1) is 5.22. The Balaban J connectivity index is 2.78. The minimum atomic E-state index is 0.729. The number of aromatic nitrogens is 2. The van der Waals surface area contributed by atoms with Gasteiger partial charge in [-0.25, -0.2) is 9.66 Å². The van der Waals surface area contributed by atoms with Crippen molar-refractivity contribution in [3.63, 3.8) is 0 Å². The van der Waals surface area contributed by atoms with Crippen molar-refractivity contribution in [1.82, 2.24) is 9.66 Å². The fraction of sp³-hybridized carbons (Fsp3) is 0. The van der Waals surface area contributed by atoms with Crippen molar-refractivity contribution in [2.75, 3.05) is 0 Å². The van der Waals surface area contributed by atoms with Crippen molar-refractivity contribution >= 4 is 17.8 Å². The summed E-state index contributed by atoms with van der Waals surface area (Å²) in [6.07, 6.45) is 4.86. The van der Waals surface area contributed by atoms with Crippen molar-refractivity contribution in [3.05, 3.63) is 18.8 Å². The standard InChI is InChI=1S/C6H5N3O/c1-7-9-2-5-6(3-9)10-4-8-5/h2-4H,1H2. The third-order valence-corrected chi connectivity index (χ3v) is 1.29. The molecule has 50 valence electrons. The van der Waals surface area contributed by atoms with Gasteiger partial charge in [-0.3, -0.25) is 0 Å². The zero-order valence-corrected chi connectivity index (χ0v) is 5.19. The van der Waals surface area contributed by atoms with Crippen molar-refractivity contribution in [2.24, 2.45) is 5.10 Å². The number of rotatable bonds is 1. The lowest BCUT2D eigenvalue weighted by Gasteiger charge is -1.83. The number of hydrogen-bond acceptors (Lipinski definition) is 3. The Morgan fingerprint density at radius 1 is 1.60 bits per heavy atom. The van der Waals surface area contributed by atoms with Crippen LogP contribution in [0.1, 0.15) is 0 Å². The molecule has 0 saturated carbocycles. The summed E-state index contributed by atoms with van der Waals surface area (Å²) in [7, 11) is 0. The van der Waals surface area contributed by atoms with Gasteiger partial charge in [0.25, 0.3) is 0 Å². The first-order valence-electron chi connectivity index (χ1n) is 2.78. The Morgan fingerprint density at radius 3 is 3.20 bits per heavy atom. The molecule has 2 aromatic rings. The summed E-state index contributed by atoms with van der Waals surface area (Å²) in [6.45, 7) is 3.35. The summed E-state index contributed by atoms with van der Waals surface area (Å²) in [6, 6.07) is 0. The molecule has 2 rings (SSSR count). The minimum absolute atomic E-state index is 0.729. The zero-order chi connectivity index (χ0) is 6.97. The molecule has 4 heteroatoms. The molecule has 0 saturated heterocycles. The lowest BCUT2D eigenvalue weighted by Crippen LogP contribution is -1.77. The fourth-order valence-corrected chi connectivity index (χ4v) is 0.822. The van der Waals surface area contributed by atoms with Gasteiger partial charge in [0, 0.05) is 6.72 Å². The maximum absolute atomic E-state index is 4.98. The summed E-state index contributed by atoms with van der Waals surface area (Å²) < 4.78 is 6.54. The van der Waals surface area contributed by atoms with Gasteiger partial charge in [0.2, 0.25) is 0 Å². The van der Waals surface area contributed by atoms with E-state index in [1.807, 2.05) is 0 Å². The van der Waals surface area contributed by atoms with Crippen LogP contribution in [0.2, 0.25) is 0 Å². The van der Waals surface area contributed by atoms with Gasteiger partial charge in [-0.1, -0.05) is 0 Å². The summed E-state index contributed by atoms with van der Waals surface area (Å²) in [4.78, 5) is 3.91. The van der Waals surface area contributed by atoms with Crippen molar-refractivity contribution in [2.45, 2.75) is 0 Å². The Bertz CT molecular complexity index is 331. The van der Waals surface area contributed by atoms with Gasteiger partial charge in [-0.2, -0.15) is 5.10 Å². The van der Waals surface area contributed by atoms with Crippen molar-refractivity contribution < 1.29 is 4.42 Å². The maximum Gasteiger partial charge on any atom is 0.182 e. The lowest BCUT2D eigenvalue weighted by atomic mass is 10.6. The zero-order valence-electron chi connectivity index (χ0n) is 5.19.